The van der Waals surface area contributed by atoms with Gasteiger partial charge >= 0.3 is 13.2 Å². The first kappa shape index (κ1) is 34.3. The smallest absolute Gasteiger partial charge is 0.488 e. The van der Waals surface area contributed by atoms with E-state index >= 15 is 0 Å². The van der Waals surface area contributed by atoms with Crippen molar-refractivity contribution in [2.24, 2.45) is 5.73 Å². The summed E-state index contributed by atoms with van der Waals surface area (Å²) in [6, 6.07) is 6.69. The number of hydrogen-bond donors (Lipinski definition) is 4. The minimum absolute atomic E-state index is 0.257. The van der Waals surface area contributed by atoms with Crippen LogP contribution in [0.25, 0.3) is 0 Å². The maximum atomic E-state index is 12.6. The SMILES string of the molecule is C/C=C(\C)OC.C=CCCN/C(=C\N)CN(Cc1ccc(B(O)O)cc1)C(=O)OC(C)(C)C.CC. The van der Waals surface area contributed by atoms with Crippen LogP contribution in [0.3, 0.4) is 0 Å². The van der Waals surface area contributed by atoms with Crippen LogP contribution in [0.2, 0.25) is 0 Å². The highest BCUT2D eigenvalue weighted by molar-refractivity contribution is 6.58. The summed E-state index contributed by atoms with van der Waals surface area (Å²) in [5.41, 5.74) is 6.98. The normalized spacial score (nSPS) is 11.1. The summed E-state index contributed by atoms with van der Waals surface area (Å²) >= 11 is 0. The summed E-state index contributed by atoms with van der Waals surface area (Å²) in [6.45, 7) is 18.2. The molecular weight excluding hydrogens is 445 g/mol. The first-order chi connectivity index (χ1) is 16.5. The van der Waals surface area contributed by atoms with Gasteiger partial charge in [-0.3, -0.25) is 4.90 Å². The van der Waals surface area contributed by atoms with E-state index in [2.05, 4.69) is 11.9 Å². The highest BCUT2D eigenvalue weighted by atomic mass is 16.6. The summed E-state index contributed by atoms with van der Waals surface area (Å²) in [6.07, 6.45) is 5.46. The number of carbonyl (C=O) groups is 1. The number of methoxy groups -OCH3 is 1. The quantitative estimate of drug-likeness (QED) is 0.171. The second kappa shape index (κ2) is 19.4. The molecule has 8 nitrogen and oxygen atoms in total. The molecule has 0 radical (unpaired) electrons. The van der Waals surface area contributed by atoms with Crippen LogP contribution in [0.5, 0.6) is 0 Å². The van der Waals surface area contributed by atoms with Gasteiger partial charge in [-0.2, -0.15) is 0 Å². The molecule has 0 aliphatic rings. The van der Waals surface area contributed by atoms with Gasteiger partial charge in [0.25, 0.3) is 0 Å². The first-order valence-electron chi connectivity index (χ1n) is 11.8. The first-order valence-corrected chi connectivity index (χ1v) is 11.8. The van der Waals surface area contributed by atoms with Gasteiger partial charge in [0, 0.05) is 25.0 Å². The van der Waals surface area contributed by atoms with Crippen LogP contribution in [0.4, 0.5) is 4.79 Å². The number of nitrogens with two attached hydrogens (primary N) is 1. The lowest BCUT2D eigenvalue weighted by Gasteiger charge is -2.28. The van der Waals surface area contributed by atoms with Gasteiger partial charge in [-0.25, -0.2) is 4.79 Å². The Morgan fingerprint density at radius 1 is 1.23 bits per heavy atom. The Labute approximate surface area is 212 Å². The predicted molar refractivity (Wildman–Crippen MR) is 146 cm³/mol. The fourth-order valence-electron chi connectivity index (χ4n) is 2.35. The third-order valence-electron chi connectivity index (χ3n) is 4.29. The van der Waals surface area contributed by atoms with E-state index in [1.807, 2.05) is 54.5 Å². The fourth-order valence-corrected chi connectivity index (χ4v) is 2.35. The molecule has 0 saturated carbocycles. The molecule has 1 amide bonds. The van der Waals surface area contributed by atoms with Crippen LogP contribution < -0.4 is 16.5 Å². The summed E-state index contributed by atoms with van der Waals surface area (Å²) in [7, 11) is 0.136. The predicted octanol–water partition coefficient (Wildman–Crippen LogP) is 3.65. The average molecular weight is 491 g/mol. The average Bonchev–Trinajstić information content (AvgIpc) is 2.83. The van der Waals surface area contributed by atoms with Gasteiger partial charge in [-0.05, 0) is 52.1 Å². The van der Waals surface area contributed by atoms with Crippen molar-refractivity contribution >= 4 is 18.7 Å². The number of benzene rings is 1. The van der Waals surface area contributed by atoms with Crippen LogP contribution in [-0.4, -0.2) is 54.0 Å². The number of rotatable bonds is 10. The Morgan fingerprint density at radius 3 is 2.17 bits per heavy atom. The molecule has 9 heteroatoms. The van der Waals surface area contributed by atoms with Gasteiger partial charge in [0.1, 0.15) is 5.60 Å². The van der Waals surface area contributed by atoms with Crippen molar-refractivity contribution in [3.05, 3.63) is 66.2 Å². The zero-order valence-electron chi connectivity index (χ0n) is 22.8. The van der Waals surface area contributed by atoms with Crippen molar-refractivity contribution in [3.63, 3.8) is 0 Å². The third-order valence-corrected chi connectivity index (χ3v) is 4.29. The zero-order chi connectivity index (χ0) is 27.4. The second-order valence-corrected chi connectivity index (χ2v) is 8.25. The molecule has 1 aromatic carbocycles. The summed E-state index contributed by atoms with van der Waals surface area (Å²) < 4.78 is 10.3. The van der Waals surface area contributed by atoms with Crippen LogP contribution in [-0.2, 0) is 16.0 Å². The molecule has 0 aromatic heterocycles. The molecular formula is C26H46BN3O5. The lowest BCUT2D eigenvalue weighted by molar-refractivity contribution is 0.0248. The Balaban J connectivity index is 0. The van der Waals surface area contributed by atoms with Gasteiger partial charge in [0.05, 0.1) is 19.4 Å². The Kier molecular flexibility index (Phi) is 19.0. The maximum absolute atomic E-state index is 12.6. The molecule has 0 aliphatic carbocycles. The monoisotopic (exact) mass is 491 g/mol. The van der Waals surface area contributed by atoms with Crippen LogP contribution in [0.1, 0.15) is 60.5 Å². The van der Waals surface area contributed by atoms with E-state index < -0.39 is 18.8 Å². The van der Waals surface area contributed by atoms with Crippen molar-refractivity contribution in [2.75, 3.05) is 20.2 Å². The van der Waals surface area contributed by atoms with E-state index in [9.17, 15) is 14.8 Å². The molecule has 0 fully saturated rings. The Morgan fingerprint density at radius 2 is 1.80 bits per heavy atom. The molecule has 0 unspecified atom stereocenters. The molecule has 1 aromatic rings. The van der Waals surface area contributed by atoms with Crippen molar-refractivity contribution < 1.29 is 24.3 Å². The highest BCUT2D eigenvalue weighted by Crippen LogP contribution is 2.13. The Bertz CT molecular complexity index is 772. The van der Waals surface area contributed by atoms with Gasteiger partial charge in [-0.1, -0.05) is 50.3 Å². The van der Waals surface area contributed by atoms with Gasteiger partial charge in [-0.15, -0.1) is 6.58 Å². The van der Waals surface area contributed by atoms with Gasteiger partial charge in [0.15, 0.2) is 0 Å². The van der Waals surface area contributed by atoms with Gasteiger partial charge < -0.3 is 30.6 Å². The van der Waals surface area contributed by atoms with E-state index in [4.69, 9.17) is 15.2 Å². The van der Waals surface area contributed by atoms with Crippen LogP contribution >= 0.6 is 0 Å². The largest absolute Gasteiger partial charge is 0.502 e. The third kappa shape index (κ3) is 17.2. The molecule has 0 saturated heterocycles. The van der Waals surface area contributed by atoms with Crippen LogP contribution in [0.15, 0.2) is 60.7 Å². The molecule has 0 bridgehead atoms. The maximum Gasteiger partial charge on any atom is 0.488 e. The lowest BCUT2D eigenvalue weighted by atomic mass is 9.80. The number of amides is 1. The van der Waals surface area contributed by atoms with Gasteiger partial charge in [0.2, 0.25) is 0 Å². The van der Waals surface area contributed by atoms with Crippen molar-refractivity contribution in [3.8, 4) is 0 Å². The molecule has 35 heavy (non-hydrogen) atoms. The van der Waals surface area contributed by atoms with Crippen molar-refractivity contribution in [1.29, 1.82) is 0 Å². The minimum Gasteiger partial charge on any atom is -0.502 e. The number of allylic oxidation sites excluding steroid dienone is 2. The number of nitrogens with one attached hydrogen (secondary N) is 1. The van der Waals surface area contributed by atoms with E-state index in [1.54, 1.807) is 37.5 Å². The lowest BCUT2D eigenvalue weighted by Crippen LogP contribution is -2.39. The van der Waals surface area contributed by atoms with E-state index in [0.717, 1.165) is 17.7 Å². The summed E-state index contributed by atoms with van der Waals surface area (Å²) in [5, 5.41) is 21.6. The topological polar surface area (TPSA) is 117 Å². The van der Waals surface area contributed by atoms with Crippen molar-refractivity contribution in [1.82, 2.24) is 10.2 Å². The minimum atomic E-state index is -1.53. The molecule has 5 N–H and O–H groups in total. The Hall–Kier alpha value is -2.91. The molecule has 0 aliphatic heterocycles. The highest BCUT2D eigenvalue weighted by Gasteiger charge is 2.23. The zero-order valence-corrected chi connectivity index (χ0v) is 22.8. The summed E-state index contributed by atoms with van der Waals surface area (Å²) in [5.74, 6) is 0.968. The molecule has 1 rings (SSSR count). The molecule has 0 spiro atoms. The fraction of sp³-hybridized carbons (Fsp3) is 0.500. The number of nitrogens with zero attached hydrogens (tertiary/aromatic N) is 1. The number of ether oxygens (including phenoxy) is 2. The number of hydrogen-bond acceptors (Lipinski definition) is 7. The van der Waals surface area contributed by atoms with E-state index in [1.165, 1.54) is 11.1 Å². The second-order valence-electron chi connectivity index (χ2n) is 8.25. The molecule has 0 heterocycles. The molecule has 198 valence electrons. The van der Waals surface area contributed by atoms with E-state index in [-0.39, 0.29) is 13.1 Å². The summed E-state index contributed by atoms with van der Waals surface area (Å²) in [4.78, 5) is 14.2. The molecule has 0 atom stereocenters. The number of carbonyl (C=O) groups excluding carboxylic acids is 1. The van der Waals surface area contributed by atoms with Crippen molar-refractivity contribution in [2.45, 2.75) is 67.0 Å². The standard InChI is InChI=1S/C19H30BN3O4.C5H10O.C2H6/c1-5-6-11-22-17(12-21)14-23(18(24)27-19(2,3)4)13-15-7-9-16(10-8-15)20(25)26;1-4-5(2)6-3;1-2/h5,7-10,12,22,25-26H,1,6,11,13-14,21H2,2-4H3;4H,1-3H3;1-2H3/b17-12-;5-4+;. The van der Waals surface area contributed by atoms with Crippen LogP contribution in [0, 0.1) is 0 Å². The van der Waals surface area contributed by atoms with E-state index in [0.29, 0.717) is 17.7 Å².